The molecule has 0 spiro atoms. The van der Waals surface area contributed by atoms with Crippen LogP contribution in [0.2, 0.25) is 5.02 Å². The SMILES string of the molecule is O=C(NCC1(CO)CCCC1)c1cc(Cl)cn1C1CC1. The molecule has 20 heavy (non-hydrogen) atoms. The molecule has 0 bridgehead atoms. The summed E-state index contributed by atoms with van der Waals surface area (Å²) < 4.78 is 1.98. The highest BCUT2D eigenvalue weighted by molar-refractivity contribution is 6.31. The van der Waals surface area contributed by atoms with Crippen molar-refractivity contribution in [2.24, 2.45) is 5.41 Å². The summed E-state index contributed by atoms with van der Waals surface area (Å²) in [5.41, 5.74) is 0.528. The Labute approximate surface area is 124 Å². The number of hydrogen-bond acceptors (Lipinski definition) is 2. The van der Waals surface area contributed by atoms with Crippen LogP contribution in [0.15, 0.2) is 12.3 Å². The average molecular weight is 297 g/mol. The van der Waals surface area contributed by atoms with Crippen LogP contribution in [0.5, 0.6) is 0 Å². The van der Waals surface area contributed by atoms with E-state index in [1.165, 1.54) is 0 Å². The van der Waals surface area contributed by atoms with Gasteiger partial charge in [0.15, 0.2) is 0 Å². The van der Waals surface area contributed by atoms with E-state index in [9.17, 15) is 9.90 Å². The average Bonchev–Trinajstić information content (AvgIpc) is 3.06. The molecular weight excluding hydrogens is 276 g/mol. The molecular formula is C15H21ClN2O2. The van der Waals surface area contributed by atoms with Gasteiger partial charge in [0, 0.05) is 24.2 Å². The zero-order chi connectivity index (χ0) is 14.2. The quantitative estimate of drug-likeness (QED) is 0.878. The molecule has 110 valence electrons. The lowest BCUT2D eigenvalue weighted by atomic mass is 9.87. The minimum Gasteiger partial charge on any atom is -0.396 e. The third-order valence-corrected chi connectivity index (χ3v) is 4.82. The molecule has 4 nitrogen and oxygen atoms in total. The largest absolute Gasteiger partial charge is 0.396 e. The van der Waals surface area contributed by atoms with Gasteiger partial charge in [-0.05, 0) is 31.7 Å². The number of amides is 1. The first kappa shape index (κ1) is 14.0. The number of aliphatic hydroxyl groups excluding tert-OH is 1. The first-order valence-electron chi connectivity index (χ1n) is 7.40. The smallest absolute Gasteiger partial charge is 0.267 e. The van der Waals surface area contributed by atoms with Crippen LogP contribution in [0.4, 0.5) is 0 Å². The van der Waals surface area contributed by atoms with Gasteiger partial charge >= 0.3 is 0 Å². The van der Waals surface area contributed by atoms with Gasteiger partial charge in [-0.3, -0.25) is 4.79 Å². The molecule has 0 aromatic carbocycles. The molecule has 1 heterocycles. The highest BCUT2D eigenvalue weighted by Gasteiger charge is 2.34. The number of hydrogen-bond donors (Lipinski definition) is 2. The second-order valence-electron chi connectivity index (χ2n) is 6.23. The van der Waals surface area contributed by atoms with Crippen LogP contribution in [-0.4, -0.2) is 28.7 Å². The molecule has 1 amide bonds. The first-order chi connectivity index (χ1) is 9.63. The zero-order valence-corrected chi connectivity index (χ0v) is 12.3. The van der Waals surface area contributed by atoms with Gasteiger partial charge in [-0.2, -0.15) is 0 Å². The molecule has 5 heteroatoms. The van der Waals surface area contributed by atoms with Crippen molar-refractivity contribution in [3.05, 3.63) is 23.0 Å². The van der Waals surface area contributed by atoms with E-state index in [0.717, 1.165) is 38.5 Å². The van der Waals surface area contributed by atoms with Crippen LogP contribution in [0.25, 0.3) is 0 Å². The van der Waals surface area contributed by atoms with Crippen LogP contribution >= 0.6 is 11.6 Å². The standard InChI is InChI=1S/C15H21ClN2O2/c16-11-7-13(18(8-11)12-3-4-12)14(20)17-9-15(10-19)5-1-2-6-15/h7-8,12,19H,1-6,9-10H2,(H,17,20). The maximum atomic E-state index is 12.4. The van der Waals surface area contributed by atoms with Crippen molar-refractivity contribution in [3.63, 3.8) is 0 Å². The van der Waals surface area contributed by atoms with E-state index < -0.39 is 0 Å². The summed E-state index contributed by atoms with van der Waals surface area (Å²) in [6.07, 6.45) is 8.34. The third kappa shape index (κ3) is 2.72. The van der Waals surface area contributed by atoms with E-state index in [1.807, 2.05) is 10.8 Å². The number of rotatable bonds is 5. The van der Waals surface area contributed by atoms with Crippen LogP contribution in [-0.2, 0) is 0 Å². The normalized spacial score (nSPS) is 21.1. The molecule has 0 radical (unpaired) electrons. The van der Waals surface area contributed by atoms with E-state index in [2.05, 4.69) is 5.32 Å². The molecule has 3 rings (SSSR count). The van der Waals surface area contributed by atoms with Gasteiger partial charge < -0.3 is 15.0 Å². The minimum absolute atomic E-state index is 0.0801. The van der Waals surface area contributed by atoms with Crippen molar-refractivity contribution >= 4 is 17.5 Å². The van der Waals surface area contributed by atoms with E-state index >= 15 is 0 Å². The van der Waals surface area contributed by atoms with Gasteiger partial charge in [-0.25, -0.2) is 0 Å². The lowest BCUT2D eigenvalue weighted by Gasteiger charge is -2.26. The fourth-order valence-electron chi connectivity index (χ4n) is 3.16. The van der Waals surface area contributed by atoms with Gasteiger partial charge in [0.2, 0.25) is 0 Å². The second kappa shape index (κ2) is 5.41. The molecule has 2 aliphatic carbocycles. The van der Waals surface area contributed by atoms with Crippen LogP contribution in [0, 0.1) is 5.41 Å². The number of nitrogens with zero attached hydrogens (tertiary/aromatic N) is 1. The van der Waals surface area contributed by atoms with E-state index in [-0.39, 0.29) is 17.9 Å². The summed E-state index contributed by atoms with van der Waals surface area (Å²) in [6.45, 7) is 0.702. The summed E-state index contributed by atoms with van der Waals surface area (Å²) in [4.78, 5) is 12.4. The molecule has 0 saturated heterocycles. The Balaban J connectivity index is 1.67. The lowest BCUT2D eigenvalue weighted by molar-refractivity contribution is 0.0872. The number of aliphatic hydroxyl groups is 1. The predicted molar refractivity (Wildman–Crippen MR) is 78.0 cm³/mol. The van der Waals surface area contributed by atoms with Gasteiger partial charge in [0.25, 0.3) is 5.91 Å². The van der Waals surface area contributed by atoms with E-state index in [4.69, 9.17) is 11.6 Å². The summed E-state index contributed by atoms with van der Waals surface area (Å²) in [7, 11) is 0. The predicted octanol–water partition coefficient (Wildman–Crippen LogP) is 2.76. The number of nitrogens with one attached hydrogen (secondary N) is 1. The molecule has 2 aliphatic rings. The molecule has 0 aliphatic heterocycles. The molecule has 0 atom stereocenters. The maximum absolute atomic E-state index is 12.4. The van der Waals surface area contributed by atoms with Crippen molar-refractivity contribution < 1.29 is 9.90 Å². The van der Waals surface area contributed by atoms with Crippen LogP contribution in [0.1, 0.15) is 55.1 Å². The number of carbonyl (C=O) groups is 1. The van der Waals surface area contributed by atoms with Gasteiger partial charge in [-0.15, -0.1) is 0 Å². The molecule has 2 N–H and O–H groups in total. The molecule has 0 unspecified atom stereocenters. The van der Waals surface area contributed by atoms with Crippen LogP contribution < -0.4 is 5.32 Å². The Morgan fingerprint density at radius 1 is 1.45 bits per heavy atom. The topological polar surface area (TPSA) is 54.3 Å². The van der Waals surface area contributed by atoms with Crippen molar-refractivity contribution in [1.29, 1.82) is 0 Å². The lowest BCUT2D eigenvalue weighted by Crippen LogP contribution is -2.38. The number of carbonyl (C=O) groups excluding carboxylic acids is 1. The fourth-order valence-corrected chi connectivity index (χ4v) is 3.37. The summed E-state index contributed by atoms with van der Waals surface area (Å²) in [6, 6.07) is 2.16. The Morgan fingerprint density at radius 2 is 2.15 bits per heavy atom. The summed E-state index contributed by atoms with van der Waals surface area (Å²) >= 11 is 6.02. The zero-order valence-electron chi connectivity index (χ0n) is 11.6. The number of aromatic nitrogens is 1. The number of halogens is 1. The van der Waals surface area contributed by atoms with E-state index in [1.54, 1.807) is 6.07 Å². The van der Waals surface area contributed by atoms with Crippen molar-refractivity contribution in [1.82, 2.24) is 9.88 Å². The third-order valence-electron chi connectivity index (χ3n) is 4.61. The molecule has 1 aromatic heterocycles. The molecule has 1 aromatic rings. The summed E-state index contributed by atoms with van der Waals surface area (Å²) in [5.74, 6) is -0.0801. The van der Waals surface area contributed by atoms with Gasteiger partial charge in [0.1, 0.15) is 5.69 Å². The second-order valence-corrected chi connectivity index (χ2v) is 6.67. The fraction of sp³-hybridized carbons (Fsp3) is 0.667. The van der Waals surface area contributed by atoms with Crippen molar-refractivity contribution in [3.8, 4) is 0 Å². The maximum Gasteiger partial charge on any atom is 0.267 e. The van der Waals surface area contributed by atoms with E-state index in [0.29, 0.717) is 23.3 Å². The Kier molecular flexibility index (Phi) is 3.78. The highest BCUT2D eigenvalue weighted by atomic mass is 35.5. The highest BCUT2D eigenvalue weighted by Crippen LogP contribution is 2.38. The Morgan fingerprint density at radius 3 is 2.75 bits per heavy atom. The first-order valence-corrected chi connectivity index (χ1v) is 7.78. The monoisotopic (exact) mass is 296 g/mol. The summed E-state index contributed by atoms with van der Waals surface area (Å²) in [5, 5.41) is 13.2. The Hall–Kier alpha value is -1.00. The minimum atomic E-state index is -0.115. The molecule has 2 fully saturated rings. The van der Waals surface area contributed by atoms with Crippen molar-refractivity contribution in [2.75, 3.05) is 13.2 Å². The van der Waals surface area contributed by atoms with Gasteiger partial charge in [-0.1, -0.05) is 24.4 Å². The van der Waals surface area contributed by atoms with Crippen molar-refractivity contribution in [2.45, 2.75) is 44.6 Å². The molecule has 2 saturated carbocycles. The Bertz CT molecular complexity index is 502. The van der Waals surface area contributed by atoms with Gasteiger partial charge in [0.05, 0.1) is 11.6 Å². The van der Waals surface area contributed by atoms with Crippen LogP contribution in [0.3, 0.4) is 0 Å².